The van der Waals surface area contributed by atoms with E-state index < -0.39 is 0 Å². The van der Waals surface area contributed by atoms with Gasteiger partial charge in [-0.3, -0.25) is 4.90 Å². The minimum absolute atomic E-state index is 0.805. The highest BCUT2D eigenvalue weighted by Gasteiger charge is 2.22. The van der Waals surface area contributed by atoms with Crippen LogP contribution in [0.15, 0.2) is 12.3 Å². The van der Waals surface area contributed by atoms with E-state index in [9.17, 15) is 0 Å². The zero-order valence-corrected chi connectivity index (χ0v) is 11.5. The van der Waals surface area contributed by atoms with E-state index in [1.54, 1.807) is 0 Å². The van der Waals surface area contributed by atoms with Crippen LogP contribution in [-0.2, 0) is 6.54 Å². The van der Waals surface area contributed by atoms with Gasteiger partial charge in [-0.1, -0.05) is 6.92 Å². The lowest BCUT2D eigenvalue weighted by Gasteiger charge is -2.15. The molecule has 0 radical (unpaired) electrons. The van der Waals surface area contributed by atoms with Crippen LogP contribution in [0.1, 0.15) is 31.3 Å². The number of hydrogen-bond donors (Lipinski definition) is 1. The summed E-state index contributed by atoms with van der Waals surface area (Å²) in [5.74, 6) is 1.67. The smallest absolute Gasteiger partial charge is 0.125 e. The summed E-state index contributed by atoms with van der Waals surface area (Å²) in [6.45, 7) is 9.82. The van der Waals surface area contributed by atoms with Gasteiger partial charge < -0.3 is 5.32 Å². The van der Waals surface area contributed by atoms with Crippen LogP contribution in [0, 0.1) is 12.8 Å². The molecule has 1 aromatic rings. The molecule has 0 amide bonds. The predicted octanol–water partition coefficient (Wildman–Crippen LogP) is 1.61. The Balaban J connectivity index is 1.75. The Morgan fingerprint density at radius 3 is 3.17 bits per heavy atom. The number of aromatic nitrogens is 2. The molecule has 18 heavy (non-hydrogen) atoms. The predicted molar refractivity (Wildman–Crippen MR) is 73.3 cm³/mol. The fraction of sp³-hybridized carbons (Fsp3) is 0.714. The maximum absolute atomic E-state index is 4.47. The van der Waals surface area contributed by atoms with Crippen LogP contribution in [0.2, 0.25) is 0 Å². The maximum atomic E-state index is 4.47. The Bertz CT molecular complexity index is 367. The molecule has 2 rings (SSSR count). The lowest BCUT2D eigenvalue weighted by Crippen LogP contribution is -2.27. The quantitative estimate of drug-likeness (QED) is 0.777. The summed E-state index contributed by atoms with van der Waals surface area (Å²) >= 11 is 0. The zero-order valence-electron chi connectivity index (χ0n) is 11.5. The van der Waals surface area contributed by atoms with Gasteiger partial charge in [-0.15, -0.1) is 0 Å². The van der Waals surface area contributed by atoms with Crippen LogP contribution in [0.3, 0.4) is 0 Å². The molecule has 1 N–H and O–H groups in total. The second-order valence-corrected chi connectivity index (χ2v) is 5.19. The van der Waals surface area contributed by atoms with E-state index >= 15 is 0 Å². The van der Waals surface area contributed by atoms with Gasteiger partial charge in [0.1, 0.15) is 5.82 Å². The molecule has 1 fully saturated rings. The molecular formula is C14H24N4. The van der Waals surface area contributed by atoms with Gasteiger partial charge in [-0.05, 0) is 51.4 Å². The van der Waals surface area contributed by atoms with Crippen molar-refractivity contribution in [1.82, 2.24) is 20.2 Å². The summed E-state index contributed by atoms with van der Waals surface area (Å²) < 4.78 is 0. The Morgan fingerprint density at radius 1 is 1.50 bits per heavy atom. The van der Waals surface area contributed by atoms with Crippen molar-refractivity contribution in [3.63, 3.8) is 0 Å². The van der Waals surface area contributed by atoms with Gasteiger partial charge in [0.2, 0.25) is 0 Å². The van der Waals surface area contributed by atoms with Crippen molar-refractivity contribution in [3.8, 4) is 0 Å². The van der Waals surface area contributed by atoms with E-state index in [0.717, 1.165) is 37.1 Å². The Morgan fingerprint density at radius 2 is 2.39 bits per heavy atom. The lowest BCUT2D eigenvalue weighted by molar-refractivity contribution is 0.310. The van der Waals surface area contributed by atoms with Crippen molar-refractivity contribution in [2.75, 3.05) is 26.2 Å². The van der Waals surface area contributed by atoms with E-state index in [1.165, 1.54) is 25.9 Å². The zero-order chi connectivity index (χ0) is 12.8. The highest BCUT2D eigenvalue weighted by Crippen LogP contribution is 2.17. The molecular weight excluding hydrogens is 224 g/mol. The molecule has 1 unspecified atom stereocenters. The second kappa shape index (κ2) is 6.81. The van der Waals surface area contributed by atoms with Gasteiger partial charge in [0, 0.05) is 19.3 Å². The highest BCUT2D eigenvalue weighted by molar-refractivity contribution is 5.02. The highest BCUT2D eigenvalue weighted by atomic mass is 15.2. The average molecular weight is 248 g/mol. The van der Waals surface area contributed by atoms with Gasteiger partial charge in [-0.25, -0.2) is 9.97 Å². The number of likely N-dealkylation sites (tertiary alicyclic amines) is 1. The molecule has 1 aliphatic rings. The third-order valence-corrected chi connectivity index (χ3v) is 3.45. The normalized spacial score (nSPS) is 20.4. The van der Waals surface area contributed by atoms with Crippen LogP contribution in [0.25, 0.3) is 0 Å². The summed E-state index contributed by atoms with van der Waals surface area (Å²) in [7, 11) is 0. The number of rotatable bonds is 6. The third-order valence-electron chi connectivity index (χ3n) is 3.45. The topological polar surface area (TPSA) is 41.0 Å². The van der Waals surface area contributed by atoms with Crippen LogP contribution < -0.4 is 5.32 Å². The minimum Gasteiger partial charge on any atom is -0.316 e. The molecule has 4 nitrogen and oxygen atoms in total. The standard InChI is InChI=1S/C14H24N4/c1-3-6-15-9-13-5-8-18(10-13)11-14-4-7-16-12(2)17-14/h4,7,13,15H,3,5-6,8-11H2,1-2H3. The monoisotopic (exact) mass is 248 g/mol. The van der Waals surface area contributed by atoms with Crippen molar-refractivity contribution in [3.05, 3.63) is 23.8 Å². The first kappa shape index (κ1) is 13.4. The van der Waals surface area contributed by atoms with E-state index in [4.69, 9.17) is 0 Å². The molecule has 0 saturated carbocycles. The van der Waals surface area contributed by atoms with Gasteiger partial charge >= 0.3 is 0 Å². The van der Waals surface area contributed by atoms with Crippen molar-refractivity contribution in [2.45, 2.75) is 33.2 Å². The summed E-state index contributed by atoms with van der Waals surface area (Å²) in [6, 6.07) is 2.02. The number of aryl methyl sites for hydroxylation is 1. The first-order valence-corrected chi connectivity index (χ1v) is 6.99. The van der Waals surface area contributed by atoms with E-state index in [1.807, 2.05) is 19.2 Å². The molecule has 2 heterocycles. The molecule has 0 spiro atoms. The molecule has 4 heteroatoms. The summed E-state index contributed by atoms with van der Waals surface area (Å²) in [5, 5.41) is 3.52. The van der Waals surface area contributed by atoms with Crippen molar-refractivity contribution in [1.29, 1.82) is 0 Å². The fourth-order valence-electron chi connectivity index (χ4n) is 2.53. The minimum atomic E-state index is 0.805. The van der Waals surface area contributed by atoms with Crippen LogP contribution >= 0.6 is 0 Å². The summed E-state index contributed by atoms with van der Waals surface area (Å²) in [6.07, 6.45) is 4.38. The molecule has 1 saturated heterocycles. The summed E-state index contributed by atoms with van der Waals surface area (Å²) in [4.78, 5) is 11.1. The number of nitrogens with zero attached hydrogens (tertiary/aromatic N) is 3. The van der Waals surface area contributed by atoms with E-state index in [-0.39, 0.29) is 0 Å². The van der Waals surface area contributed by atoms with Crippen molar-refractivity contribution < 1.29 is 0 Å². The molecule has 100 valence electrons. The van der Waals surface area contributed by atoms with Crippen LogP contribution in [0.4, 0.5) is 0 Å². The molecule has 1 atom stereocenters. The Hall–Kier alpha value is -1.00. The SMILES string of the molecule is CCCNCC1CCN(Cc2ccnc(C)n2)C1. The third kappa shape index (κ3) is 4.03. The fourth-order valence-corrected chi connectivity index (χ4v) is 2.53. The van der Waals surface area contributed by atoms with Crippen molar-refractivity contribution >= 4 is 0 Å². The van der Waals surface area contributed by atoms with Gasteiger partial charge in [0.15, 0.2) is 0 Å². The Kier molecular flexibility index (Phi) is 5.08. The maximum Gasteiger partial charge on any atom is 0.125 e. The average Bonchev–Trinajstić information content (AvgIpc) is 2.77. The molecule has 1 aliphatic heterocycles. The first-order valence-electron chi connectivity index (χ1n) is 6.99. The number of hydrogen-bond acceptors (Lipinski definition) is 4. The van der Waals surface area contributed by atoms with Crippen molar-refractivity contribution in [2.24, 2.45) is 5.92 Å². The molecule has 1 aromatic heterocycles. The molecule has 0 aromatic carbocycles. The molecule has 0 aliphatic carbocycles. The Labute approximate surface area is 110 Å². The van der Waals surface area contributed by atoms with Gasteiger partial charge in [0.05, 0.1) is 5.69 Å². The summed E-state index contributed by atoms with van der Waals surface area (Å²) in [5.41, 5.74) is 1.14. The second-order valence-electron chi connectivity index (χ2n) is 5.19. The van der Waals surface area contributed by atoms with Crippen LogP contribution in [-0.4, -0.2) is 41.0 Å². The van der Waals surface area contributed by atoms with Gasteiger partial charge in [0.25, 0.3) is 0 Å². The van der Waals surface area contributed by atoms with Crippen LogP contribution in [0.5, 0.6) is 0 Å². The molecule has 0 bridgehead atoms. The lowest BCUT2D eigenvalue weighted by atomic mass is 10.1. The largest absolute Gasteiger partial charge is 0.316 e. The first-order chi connectivity index (χ1) is 8.78. The van der Waals surface area contributed by atoms with E-state index in [2.05, 4.69) is 27.1 Å². The van der Waals surface area contributed by atoms with Gasteiger partial charge in [-0.2, -0.15) is 0 Å². The number of nitrogens with one attached hydrogen (secondary N) is 1. The van der Waals surface area contributed by atoms with E-state index in [0.29, 0.717) is 0 Å².